The zero-order valence-corrected chi connectivity index (χ0v) is 10.9. The predicted molar refractivity (Wildman–Crippen MR) is 80.2 cm³/mol. The number of nitrogens with zero attached hydrogens (tertiary/aromatic N) is 1. The smallest absolute Gasteiger partial charge is 0.0486 e. The van der Waals surface area contributed by atoms with Crippen molar-refractivity contribution in [2.24, 2.45) is 5.73 Å². The van der Waals surface area contributed by atoms with Gasteiger partial charge in [0, 0.05) is 23.6 Å². The summed E-state index contributed by atoms with van der Waals surface area (Å²) < 4.78 is 2.32. The van der Waals surface area contributed by atoms with E-state index in [1.165, 1.54) is 22.0 Å². The van der Waals surface area contributed by atoms with Crippen LogP contribution in [0.2, 0.25) is 0 Å². The molecule has 0 saturated carbocycles. The quantitative estimate of drug-likeness (QED) is 0.757. The summed E-state index contributed by atoms with van der Waals surface area (Å²) in [4.78, 5) is 0. The van der Waals surface area contributed by atoms with Crippen molar-refractivity contribution < 1.29 is 0 Å². The maximum Gasteiger partial charge on any atom is 0.0486 e. The lowest BCUT2D eigenvalue weighted by molar-refractivity contribution is 0.827. The lowest BCUT2D eigenvalue weighted by Crippen LogP contribution is -2.02. The van der Waals surface area contributed by atoms with Crippen LogP contribution in [0.4, 0.5) is 0 Å². The van der Waals surface area contributed by atoms with E-state index in [-0.39, 0.29) is 0 Å². The first-order valence-electron chi connectivity index (χ1n) is 6.69. The fraction of sp³-hybridized carbons (Fsp3) is 0.176. The molecule has 0 aliphatic heterocycles. The first-order chi connectivity index (χ1) is 9.38. The fourth-order valence-electron chi connectivity index (χ4n) is 2.59. The molecule has 2 N–H and O–H groups in total. The second kappa shape index (κ2) is 5.29. The second-order valence-corrected chi connectivity index (χ2v) is 4.82. The lowest BCUT2D eigenvalue weighted by atomic mass is 10.1. The maximum absolute atomic E-state index is 5.70. The van der Waals surface area contributed by atoms with E-state index in [9.17, 15) is 0 Å². The number of rotatable bonds is 4. The van der Waals surface area contributed by atoms with Crippen LogP contribution < -0.4 is 5.73 Å². The van der Waals surface area contributed by atoms with Crippen molar-refractivity contribution >= 4 is 10.9 Å². The molecule has 2 nitrogen and oxygen atoms in total. The van der Waals surface area contributed by atoms with E-state index in [0.29, 0.717) is 6.54 Å². The monoisotopic (exact) mass is 250 g/mol. The molecule has 19 heavy (non-hydrogen) atoms. The van der Waals surface area contributed by atoms with Crippen LogP contribution in [0.1, 0.15) is 11.1 Å². The average molecular weight is 250 g/mol. The van der Waals surface area contributed by atoms with E-state index in [0.717, 1.165) is 13.0 Å². The molecule has 1 aromatic heterocycles. The standard InChI is InChI=1S/C17H18N2/c18-11-10-15-13-19(12-14-6-2-1-3-7-14)17-9-5-4-8-16(15)17/h1-9,13H,10-12,18H2. The lowest BCUT2D eigenvalue weighted by Gasteiger charge is -2.05. The van der Waals surface area contributed by atoms with Crippen LogP contribution in [0.5, 0.6) is 0 Å². The number of nitrogens with two attached hydrogens (primary N) is 1. The first kappa shape index (κ1) is 12.0. The highest BCUT2D eigenvalue weighted by Crippen LogP contribution is 2.22. The van der Waals surface area contributed by atoms with Crippen LogP contribution in [0.25, 0.3) is 10.9 Å². The Morgan fingerprint density at radius 1 is 0.895 bits per heavy atom. The van der Waals surface area contributed by atoms with Gasteiger partial charge in [-0.1, -0.05) is 48.5 Å². The molecule has 0 aliphatic carbocycles. The van der Waals surface area contributed by atoms with Crippen LogP contribution in [-0.4, -0.2) is 11.1 Å². The fourth-order valence-corrected chi connectivity index (χ4v) is 2.59. The molecule has 2 aromatic carbocycles. The van der Waals surface area contributed by atoms with Gasteiger partial charge in [0.15, 0.2) is 0 Å². The molecule has 0 saturated heterocycles. The first-order valence-corrected chi connectivity index (χ1v) is 6.69. The van der Waals surface area contributed by atoms with Gasteiger partial charge in [-0.05, 0) is 30.2 Å². The Hall–Kier alpha value is -2.06. The van der Waals surface area contributed by atoms with E-state index >= 15 is 0 Å². The van der Waals surface area contributed by atoms with Crippen molar-refractivity contribution in [2.45, 2.75) is 13.0 Å². The third kappa shape index (κ3) is 2.40. The topological polar surface area (TPSA) is 30.9 Å². The van der Waals surface area contributed by atoms with Crippen LogP contribution in [0.3, 0.4) is 0 Å². The number of para-hydroxylation sites is 1. The van der Waals surface area contributed by atoms with Crippen LogP contribution in [0.15, 0.2) is 60.8 Å². The van der Waals surface area contributed by atoms with Gasteiger partial charge in [-0.25, -0.2) is 0 Å². The molecule has 0 aliphatic rings. The van der Waals surface area contributed by atoms with Crippen molar-refractivity contribution in [1.82, 2.24) is 4.57 Å². The second-order valence-electron chi connectivity index (χ2n) is 4.82. The van der Waals surface area contributed by atoms with Gasteiger partial charge in [0.25, 0.3) is 0 Å². The van der Waals surface area contributed by atoms with E-state index in [4.69, 9.17) is 5.73 Å². The molecule has 3 aromatic rings. The zero-order valence-electron chi connectivity index (χ0n) is 10.9. The van der Waals surface area contributed by atoms with Gasteiger partial charge in [-0.3, -0.25) is 0 Å². The summed E-state index contributed by atoms with van der Waals surface area (Å²) in [6, 6.07) is 19.1. The Labute approximate surface area is 113 Å². The van der Waals surface area contributed by atoms with E-state index in [1.54, 1.807) is 0 Å². The zero-order chi connectivity index (χ0) is 13.1. The van der Waals surface area contributed by atoms with Gasteiger partial charge >= 0.3 is 0 Å². The Morgan fingerprint density at radius 3 is 2.42 bits per heavy atom. The summed E-state index contributed by atoms with van der Waals surface area (Å²) in [5, 5.41) is 1.32. The summed E-state index contributed by atoms with van der Waals surface area (Å²) >= 11 is 0. The Bertz CT molecular complexity index is 668. The van der Waals surface area contributed by atoms with Crippen LogP contribution in [0, 0.1) is 0 Å². The summed E-state index contributed by atoms with van der Waals surface area (Å²) in [7, 11) is 0. The van der Waals surface area contributed by atoms with E-state index < -0.39 is 0 Å². The number of hydrogen-bond acceptors (Lipinski definition) is 1. The SMILES string of the molecule is NCCc1cn(Cc2ccccc2)c2ccccc12. The minimum atomic E-state index is 0.694. The molecule has 1 heterocycles. The molecule has 2 heteroatoms. The molecule has 3 rings (SSSR count). The van der Waals surface area contributed by atoms with Crippen molar-refractivity contribution in [3.8, 4) is 0 Å². The Balaban J connectivity index is 2.03. The van der Waals surface area contributed by atoms with Gasteiger partial charge in [0.2, 0.25) is 0 Å². The highest BCUT2D eigenvalue weighted by atomic mass is 15.0. The molecule has 0 radical (unpaired) electrons. The molecule has 0 amide bonds. The van der Waals surface area contributed by atoms with Gasteiger partial charge in [-0.15, -0.1) is 0 Å². The number of benzene rings is 2. The molecular weight excluding hydrogens is 232 g/mol. The Kier molecular flexibility index (Phi) is 3.34. The van der Waals surface area contributed by atoms with Crippen molar-refractivity contribution in [2.75, 3.05) is 6.54 Å². The summed E-state index contributed by atoms with van der Waals surface area (Å²) in [6.45, 7) is 1.60. The minimum Gasteiger partial charge on any atom is -0.343 e. The number of aromatic nitrogens is 1. The predicted octanol–water partition coefficient (Wildman–Crippen LogP) is 3.19. The molecule has 0 unspecified atom stereocenters. The third-order valence-electron chi connectivity index (χ3n) is 3.48. The Morgan fingerprint density at radius 2 is 1.63 bits per heavy atom. The largest absolute Gasteiger partial charge is 0.343 e. The van der Waals surface area contributed by atoms with Gasteiger partial charge in [-0.2, -0.15) is 0 Å². The van der Waals surface area contributed by atoms with Crippen LogP contribution >= 0.6 is 0 Å². The van der Waals surface area contributed by atoms with Crippen molar-refractivity contribution in [3.05, 3.63) is 71.9 Å². The number of hydrogen-bond donors (Lipinski definition) is 1. The maximum atomic E-state index is 5.70. The molecule has 0 fully saturated rings. The van der Waals surface area contributed by atoms with Gasteiger partial charge in [0.1, 0.15) is 0 Å². The molecule has 0 spiro atoms. The molecule has 96 valence electrons. The number of fused-ring (bicyclic) bond motifs is 1. The van der Waals surface area contributed by atoms with Crippen LogP contribution in [-0.2, 0) is 13.0 Å². The molecular formula is C17H18N2. The minimum absolute atomic E-state index is 0.694. The van der Waals surface area contributed by atoms with Gasteiger partial charge in [0.05, 0.1) is 0 Å². The molecule has 0 bridgehead atoms. The van der Waals surface area contributed by atoms with E-state index in [1.807, 2.05) is 0 Å². The summed E-state index contributed by atoms with van der Waals surface area (Å²) in [6.07, 6.45) is 3.17. The van der Waals surface area contributed by atoms with Gasteiger partial charge < -0.3 is 10.3 Å². The molecule has 0 atom stereocenters. The highest BCUT2D eigenvalue weighted by Gasteiger charge is 2.07. The highest BCUT2D eigenvalue weighted by molar-refractivity contribution is 5.84. The average Bonchev–Trinajstić information content (AvgIpc) is 2.79. The van der Waals surface area contributed by atoms with E-state index in [2.05, 4.69) is 65.4 Å². The summed E-state index contributed by atoms with van der Waals surface area (Å²) in [5.74, 6) is 0. The summed E-state index contributed by atoms with van der Waals surface area (Å²) in [5.41, 5.74) is 9.65. The van der Waals surface area contributed by atoms with Crippen molar-refractivity contribution in [1.29, 1.82) is 0 Å². The normalized spacial score (nSPS) is 11.0. The third-order valence-corrected chi connectivity index (χ3v) is 3.48. The van der Waals surface area contributed by atoms with Crippen molar-refractivity contribution in [3.63, 3.8) is 0 Å².